The minimum atomic E-state index is 0.116. The molecule has 2 atom stereocenters. The van der Waals surface area contributed by atoms with Gasteiger partial charge in [-0.1, -0.05) is 19.9 Å². The fourth-order valence-electron chi connectivity index (χ4n) is 2.92. The summed E-state index contributed by atoms with van der Waals surface area (Å²) >= 11 is 7.46. The van der Waals surface area contributed by atoms with Crippen molar-refractivity contribution in [1.82, 2.24) is 15.2 Å². The van der Waals surface area contributed by atoms with E-state index in [4.69, 9.17) is 12.2 Å². The summed E-state index contributed by atoms with van der Waals surface area (Å²) in [5.41, 5.74) is 1.05. The molecule has 1 aliphatic rings. The van der Waals surface area contributed by atoms with Crippen molar-refractivity contribution in [2.45, 2.75) is 32.9 Å². The van der Waals surface area contributed by atoms with Crippen LogP contribution in [0.3, 0.4) is 0 Å². The number of hydrogen-bond donors (Lipinski definition) is 1. The van der Waals surface area contributed by atoms with Gasteiger partial charge < -0.3 is 10.2 Å². The Morgan fingerprint density at radius 2 is 2.14 bits per heavy atom. The highest BCUT2D eigenvalue weighted by Crippen LogP contribution is 2.41. The van der Waals surface area contributed by atoms with Crippen LogP contribution in [0.2, 0.25) is 0 Å². The summed E-state index contributed by atoms with van der Waals surface area (Å²) in [4.78, 5) is 9.55. The Bertz CT molecular complexity index is 651. The zero-order valence-electron chi connectivity index (χ0n) is 13.1. The zero-order chi connectivity index (χ0) is 15.7. The first-order valence-electron chi connectivity index (χ1n) is 7.60. The smallest absolute Gasteiger partial charge is 0.170 e. The van der Waals surface area contributed by atoms with Gasteiger partial charge in [0.2, 0.25) is 0 Å². The van der Waals surface area contributed by atoms with Crippen LogP contribution in [-0.2, 0) is 0 Å². The van der Waals surface area contributed by atoms with E-state index in [1.54, 1.807) is 0 Å². The molecule has 2 aromatic rings. The Kier molecular flexibility index (Phi) is 4.45. The Morgan fingerprint density at radius 1 is 1.32 bits per heavy atom. The first-order valence-corrected chi connectivity index (χ1v) is 8.83. The quantitative estimate of drug-likeness (QED) is 0.855. The highest BCUT2D eigenvalue weighted by Gasteiger charge is 2.40. The fourth-order valence-corrected chi connectivity index (χ4v) is 4.26. The summed E-state index contributed by atoms with van der Waals surface area (Å²) in [5.74, 6) is 0.561. The van der Waals surface area contributed by atoms with E-state index < -0.39 is 0 Å². The lowest BCUT2D eigenvalue weighted by Crippen LogP contribution is -2.32. The number of thiophene rings is 1. The van der Waals surface area contributed by atoms with Crippen molar-refractivity contribution in [3.63, 3.8) is 0 Å². The Balaban J connectivity index is 2.00. The molecule has 1 fully saturated rings. The second kappa shape index (κ2) is 6.34. The Labute approximate surface area is 141 Å². The van der Waals surface area contributed by atoms with E-state index in [2.05, 4.69) is 54.2 Å². The van der Waals surface area contributed by atoms with Crippen LogP contribution in [0.25, 0.3) is 0 Å². The lowest BCUT2D eigenvalue weighted by molar-refractivity contribution is 0.291. The van der Waals surface area contributed by atoms with Crippen LogP contribution in [0.4, 0.5) is 0 Å². The molecule has 0 aromatic carbocycles. The van der Waals surface area contributed by atoms with Crippen molar-refractivity contribution in [2.24, 2.45) is 5.92 Å². The number of nitrogens with zero attached hydrogens (tertiary/aromatic N) is 2. The normalized spacial score (nSPS) is 21.5. The predicted octanol–water partition coefficient (Wildman–Crippen LogP) is 4.08. The van der Waals surface area contributed by atoms with Crippen LogP contribution in [-0.4, -0.2) is 21.5 Å². The molecule has 0 saturated carbocycles. The molecule has 116 valence electrons. The number of thiocarbonyl (C=S) groups is 1. The van der Waals surface area contributed by atoms with Gasteiger partial charge in [-0.15, -0.1) is 11.3 Å². The summed E-state index contributed by atoms with van der Waals surface area (Å²) in [6, 6.07) is 10.8. The molecule has 3 nitrogen and oxygen atoms in total. The van der Waals surface area contributed by atoms with Crippen molar-refractivity contribution < 1.29 is 0 Å². The van der Waals surface area contributed by atoms with Gasteiger partial charge in [-0.2, -0.15) is 0 Å². The van der Waals surface area contributed by atoms with E-state index in [9.17, 15) is 0 Å². The minimum absolute atomic E-state index is 0.116. The van der Waals surface area contributed by atoms with Crippen molar-refractivity contribution in [3.8, 4) is 0 Å². The summed E-state index contributed by atoms with van der Waals surface area (Å²) in [6.07, 6.45) is 1.85. The van der Waals surface area contributed by atoms with E-state index in [0.29, 0.717) is 5.92 Å². The summed E-state index contributed by atoms with van der Waals surface area (Å²) in [7, 11) is 0. The topological polar surface area (TPSA) is 28.2 Å². The van der Waals surface area contributed by atoms with E-state index in [-0.39, 0.29) is 12.1 Å². The molecule has 1 aliphatic heterocycles. The van der Waals surface area contributed by atoms with Gasteiger partial charge in [0.1, 0.15) is 0 Å². The molecule has 2 aromatic heterocycles. The van der Waals surface area contributed by atoms with Gasteiger partial charge in [0, 0.05) is 22.5 Å². The Morgan fingerprint density at radius 3 is 2.73 bits per heavy atom. The first-order chi connectivity index (χ1) is 10.6. The molecule has 0 aliphatic carbocycles. The van der Waals surface area contributed by atoms with Crippen molar-refractivity contribution in [3.05, 3.63) is 52.0 Å². The molecular formula is C17H21N3S2. The van der Waals surface area contributed by atoms with Gasteiger partial charge >= 0.3 is 0 Å². The number of aryl methyl sites for hydroxylation is 1. The molecule has 1 saturated heterocycles. The summed E-state index contributed by atoms with van der Waals surface area (Å²) in [6.45, 7) is 7.56. The maximum Gasteiger partial charge on any atom is 0.170 e. The zero-order valence-corrected chi connectivity index (χ0v) is 14.7. The molecule has 0 spiro atoms. The third-order valence-corrected chi connectivity index (χ3v) is 5.24. The molecule has 0 radical (unpaired) electrons. The van der Waals surface area contributed by atoms with Gasteiger partial charge in [0.15, 0.2) is 5.11 Å². The monoisotopic (exact) mass is 331 g/mol. The molecule has 0 bridgehead atoms. The molecule has 22 heavy (non-hydrogen) atoms. The molecule has 3 heterocycles. The molecule has 1 N–H and O–H groups in total. The molecule has 0 unspecified atom stereocenters. The highest BCUT2D eigenvalue weighted by molar-refractivity contribution is 7.80. The fraction of sp³-hybridized carbons (Fsp3) is 0.412. The maximum atomic E-state index is 5.61. The number of pyridine rings is 1. The maximum absolute atomic E-state index is 5.61. The summed E-state index contributed by atoms with van der Waals surface area (Å²) < 4.78 is 0. The van der Waals surface area contributed by atoms with Gasteiger partial charge in [0.25, 0.3) is 0 Å². The van der Waals surface area contributed by atoms with Crippen LogP contribution in [0.15, 0.2) is 36.5 Å². The number of rotatable bonds is 4. The van der Waals surface area contributed by atoms with E-state index in [1.165, 1.54) is 9.75 Å². The van der Waals surface area contributed by atoms with Gasteiger partial charge in [-0.25, -0.2) is 0 Å². The van der Waals surface area contributed by atoms with E-state index >= 15 is 0 Å². The third kappa shape index (κ3) is 3.01. The van der Waals surface area contributed by atoms with Crippen LogP contribution >= 0.6 is 23.6 Å². The average Bonchev–Trinajstić information content (AvgIpc) is 3.04. The second-order valence-corrected chi connectivity index (χ2v) is 7.83. The molecule has 5 heteroatoms. The molecular weight excluding hydrogens is 310 g/mol. The van der Waals surface area contributed by atoms with Crippen LogP contribution in [0.5, 0.6) is 0 Å². The number of hydrogen-bond acceptors (Lipinski definition) is 3. The minimum Gasteiger partial charge on any atom is -0.352 e. The highest BCUT2D eigenvalue weighted by atomic mass is 32.1. The predicted molar refractivity (Wildman–Crippen MR) is 96.1 cm³/mol. The largest absolute Gasteiger partial charge is 0.352 e. The average molecular weight is 332 g/mol. The van der Waals surface area contributed by atoms with E-state index in [0.717, 1.165) is 17.4 Å². The number of nitrogens with one attached hydrogen (secondary N) is 1. The summed E-state index contributed by atoms with van der Waals surface area (Å²) in [5, 5.41) is 4.32. The standard InChI is InChI=1S/C17H21N3S2/c1-11(2)10-20-16(14-8-7-12(3)22-14)15(19-17(20)21)13-6-4-5-9-18-13/h4-9,11,15-16H,10H2,1-3H3,(H,19,21)/t15-,16-/m1/s1. The van der Waals surface area contributed by atoms with Crippen LogP contribution in [0.1, 0.15) is 41.4 Å². The van der Waals surface area contributed by atoms with Crippen molar-refractivity contribution in [1.29, 1.82) is 0 Å². The Hall–Kier alpha value is -1.46. The van der Waals surface area contributed by atoms with Crippen LogP contribution in [0, 0.1) is 12.8 Å². The second-order valence-electron chi connectivity index (χ2n) is 6.12. The van der Waals surface area contributed by atoms with Crippen molar-refractivity contribution >= 4 is 28.7 Å². The third-order valence-electron chi connectivity index (χ3n) is 3.81. The lowest BCUT2D eigenvalue weighted by Gasteiger charge is -2.28. The van der Waals surface area contributed by atoms with Crippen LogP contribution < -0.4 is 5.32 Å². The SMILES string of the molecule is Cc1ccc([C@@H]2[C@@H](c3ccccn3)NC(=S)N2CC(C)C)s1. The van der Waals surface area contributed by atoms with Crippen molar-refractivity contribution in [2.75, 3.05) is 6.54 Å². The first kappa shape index (κ1) is 15.4. The van der Waals surface area contributed by atoms with Gasteiger partial charge in [0.05, 0.1) is 17.8 Å². The molecule has 0 amide bonds. The number of aromatic nitrogens is 1. The van der Waals surface area contributed by atoms with Gasteiger partial charge in [-0.3, -0.25) is 4.98 Å². The molecule has 3 rings (SSSR count). The lowest BCUT2D eigenvalue weighted by atomic mass is 10.0. The van der Waals surface area contributed by atoms with E-state index in [1.807, 2.05) is 29.7 Å². The van der Waals surface area contributed by atoms with Gasteiger partial charge in [-0.05, 0) is 49.3 Å².